The summed E-state index contributed by atoms with van der Waals surface area (Å²) in [5, 5.41) is 22.5. The topological polar surface area (TPSA) is 71.0 Å². The molecule has 0 aliphatic heterocycles. The van der Waals surface area contributed by atoms with Crippen LogP contribution < -0.4 is 10.1 Å². The largest absolute Gasteiger partial charge is 0.493 e. The van der Waals surface area contributed by atoms with Crippen LogP contribution in [0.5, 0.6) is 5.75 Å². The summed E-state index contributed by atoms with van der Waals surface area (Å²) in [6, 6.07) is 14.7. The molecule has 0 heterocycles. The highest BCUT2D eigenvalue weighted by Gasteiger charge is 2.13. The van der Waals surface area contributed by atoms with Gasteiger partial charge in [0.15, 0.2) is 0 Å². The SMILES string of the molecule is CCc1ccc(C/C=C/Nc2cc(C)cc(OCC[C@@H](O)C[C@@H](CO)OC)c2)cc1. The second-order valence-electron chi connectivity index (χ2n) is 7.52. The Morgan fingerprint density at radius 2 is 1.83 bits per heavy atom. The van der Waals surface area contributed by atoms with E-state index >= 15 is 0 Å². The average molecular weight is 414 g/mol. The maximum Gasteiger partial charge on any atom is 0.121 e. The summed E-state index contributed by atoms with van der Waals surface area (Å²) in [5.41, 5.74) is 4.70. The Kier molecular flexibility index (Phi) is 10.4. The fourth-order valence-electron chi connectivity index (χ4n) is 3.16. The Hall–Kier alpha value is -2.34. The number of hydrogen-bond donors (Lipinski definition) is 3. The van der Waals surface area contributed by atoms with E-state index in [0.29, 0.717) is 19.4 Å². The Labute approximate surface area is 180 Å². The van der Waals surface area contributed by atoms with Gasteiger partial charge in [-0.15, -0.1) is 0 Å². The number of hydrogen-bond acceptors (Lipinski definition) is 5. The van der Waals surface area contributed by atoms with Gasteiger partial charge in [-0.3, -0.25) is 0 Å². The van der Waals surface area contributed by atoms with Crippen LogP contribution in [0.2, 0.25) is 0 Å². The third-order valence-electron chi connectivity index (χ3n) is 5.00. The number of aliphatic hydroxyl groups is 2. The summed E-state index contributed by atoms with van der Waals surface area (Å²) in [6.45, 7) is 4.49. The standard InChI is InChI=1S/C25H35NO4/c1-4-20-7-9-21(10-8-20)6-5-12-26-22-14-19(2)15-24(16-22)30-13-11-23(28)17-25(18-27)29-3/h5,7-10,12,14-16,23,25-28H,4,6,11,13,17-18H2,1-3H3/b12-5+/t23-,25+/m1/s1. The van der Waals surface area contributed by atoms with Crippen LogP contribution in [0.4, 0.5) is 5.69 Å². The third kappa shape index (κ3) is 8.57. The monoisotopic (exact) mass is 413 g/mol. The zero-order chi connectivity index (χ0) is 21.8. The summed E-state index contributed by atoms with van der Waals surface area (Å²) >= 11 is 0. The fourth-order valence-corrected chi connectivity index (χ4v) is 3.16. The van der Waals surface area contributed by atoms with E-state index in [2.05, 4.69) is 48.6 Å². The van der Waals surface area contributed by atoms with Crippen LogP contribution in [0.15, 0.2) is 54.7 Å². The lowest BCUT2D eigenvalue weighted by molar-refractivity contribution is 0.00497. The number of aliphatic hydroxyl groups excluding tert-OH is 2. The number of allylic oxidation sites excluding steroid dienone is 1. The predicted octanol–water partition coefficient (Wildman–Crippen LogP) is 4.25. The van der Waals surface area contributed by atoms with Crippen LogP contribution in [0, 0.1) is 6.92 Å². The molecule has 0 aromatic heterocycles. The second kappa shape index (κ2) is 13.1. The molecule has 0 amide bonds. The zero-order valence-electron chi connectivity index (χ0n) is 18.3. The molecule has 30 heavy (non-hydrogen) atoms. The van der Waals surface area contributed by atoms with Gasteiger partial charge >= 0.3 is 0 Å². The molecule has 2 aromatic rings. The van der Waals surface area contributed by atoms with E-state index in [9.17, 15) is 5.11 Å². The molecule has 0 bridgehead atoms. The minimum absolute atomic E-state index is 0.0983. The van der Waals surface area contributed by atoms with Gasteiger partial charge in [0.2, 0.25) is 0 Å². The summed E-state index contributed by atoms with van der Waals surface area (Å²) in [7, 11) is 1.53. The predicted molar refractivity (Wildman–Crippen MR) is 122 cm³/mol. The molecule has 0 fully saturated rings. The average Bonchev–Trinajstić information content (AvgIpc) is 2.75. The van der Waals surface area contributed by atoms with Gasteiger partial charge in [0.1, 0.15) is 5.75 Å². The minimum atomic E-state index is -0.571. The molecule has 2 aromatic carbocycles. The molecule has 3 N–H and O–H groups in total. The number of aryl methyl sites for hydroxylation is 2. The Morgan fingerprint density at radius 3 is 2.50 bits per heavy atom. The molecule has 0 aliphatic rings. The van der Waals surface area contributed by atoms with Crippen LogP contribution in [0.25, 0.3) is 0 Å². The highest BCUT2D eigenvalue weighted by Crippen LogP contribution is 2.21. The summed E-state index contributed by atoms with van der Waals surface area (Å²) in [5.74, 6) is 0.763. The van der Waals surface area contributed by atoms with Crippen molar-refractivity contribution in [2.24, 2.45) is 0 Å². The van der Waals surface area contributed by atoms with Gasteiger partial charge < -0.3 is 25.0 Å². The van der Waals surface area contributed by atoms with E-state index in [0.717, 1.165) is 29.8 Å². The first-order valence-electron chi connectivity index (χ1n) is 10.6. The maximum absolute atomic E-state index is 10.0. The first kappa shape index (κ1) is 23.9. The number of ether oxygens (including phenoxy) is 2. The first-order valence-corrected chi connectivity index (χ1v) is 10.6. The Morgan fingerprint density at radius 1 is 1.10 bits per heavy atom. The number of methoxy groups -OCH3 is 1. The smallest absolute Gasteiger partial charge is 0.121 e. The molecular weight excluding hydrogens is 378 g/mol. The zero-order valence-corrected chi connectivity index (χ0v) is 18.3. The molecule has 2 rings (SSSR count). The number of rotatable bonds is 13. The molecule has 5 heteroatoms. The van der Waals surface area contributed by atoms with Crippen molar-refractivity contribution < 1.29 is 19.7 Å². The van der Waals surface area contributed by atoms with Crippen LogP contribution in [-0.4, -0.2) is 42.7 Å². The van der Waals surface area contributed by atoms with Gasteiger partial charge in [0, 0.05) is 31.7 Å². The number of benzene rings is 2. The van der Waals surface area contributed by atoms with E-state index in [1.807, 2.05) is 25.3 Å². The molecule has 0 spiro atoms. The molecular formula is C25H35NO4. The van der Waals surface area contributed by atoms with Crippen LogP contribution in [0.3, 0.4) is 0 Å². The number of nitrogens with one attached hydrogen (secondary N) is 1. The highest BCUT2D eigenvalue weighted by atomic mass is 16.5. The Balaban J connectivity index is 1.80. The van der Waals surface area contributed by atoms with Crippen molar-refractivity contribution in [2.75, 3.05) is 25.6 Å². The van der Waals surface area contributed by atoms with E-state index in [4.69, 9.17) is 14.6 Å². The molecule has 5 nitrogen and oxygen atoms in total. The van der Waals surface area contributed by atoms with Gasteiger partial charge in [-0.1, -0.05) is 37.3 Å². The van der Waals surface area contributed by atoms with Crippen LogP contribution >= 0.6 is 0 Å². The van der Waals surface area contributed by atoms with Crippen LogP contribution in [-0.2, 0) is 17.6 Å². The van der Waals surface area contributed by atoms with E-state index < -0.39 is 6.10 Å². The van der Waals surface area contributed by atoms with Gasteiger partial charge in [-0.25, -0.2) is 0 Å². The summed E-state index contributed by atoms with van der Waals surface area (Å²) in [4.78, 5) is 0. The molecule has 2 atom stereocenters. The Bertz CT molecular complexity index is 769. The lowest BCUT2D eigenvalue weighted by atomic mass is 10.1. The van der Waals surface area contributed by atoms with Crippen molar-refractivity contribution in [2.45, 2.75) is 51.7 Å². The van der Waals surface area contributed by atoms with Gasteiger partial charge in [0.05, 0.1) is 25.4 Å². The molecule has 0 aliphatic carbocycles. The molecule has 0 saturated carbocycles. The molecule has 0 unspecified atom stereocenters. The maximum atomic E-state index is 10.0. The molecule has 0 saturated heterocycles. The van der Waals surface area contributed by atoms with Crippen molar-refractivity contribution in [1.29, 1.82) is 0 Å². The summed E-state index contributed by atoms with van der Waals surface area (Å²) in [6.07, 6.45) is 5.95. The highest BCUT2D eigenvalue weighted by molar-refractivity contribution is 5.52. The van der Waals surface area contributed by atoms with Crippen molar-refractivity contribution in [3.8, 4) is 5.75 Å². The normalized spacial score (nSPS) is 13.4. The molecule has 0 radical (unpaired) electrons. The summed E-state index contributed by atoms with van der Waals surface area (Å²) < 4.78 is 10.9. The van der Waals surface area contributed by atoms with Crippen LogP contribution in [0.1, 0.15) is 36.5 Å². The quantitative estimate of drug-likeness (QED) is 0.458. The lowest BCUT2D eigenvalue weighted by Crippen LogP contribution is -2.24. The first-order chi connectivity index (χ1) is 14.5. The van der Waals surface area contributed by atoms with Gasteiger partial charge in [0.25, 0.3) is 0 Å². The van der Waals surface area contributed by atoms with Gasteiger partial charge in [-0.2, -0.15) is 0 Å². The van der Waals surface area contributed by atoms with E-state index in [1.165, 1.54) is 18.2 Å². The fraction of sp³-hybridized carbons (Fsp3) is 0.440. The minimum Gasteiger partial charge on any atom is -0.493 e. The number of anilines is 1. The van der Waals surface area contributed by atoms with Crippen molar-refractivity contribution in [3.63, 3.8) is 0 Å². The second-order valence-corrected chi connectivity index (χ2v) is 7.52. The van der Waals surface area contributed by atoms with Crippen molar-refractivity contribution in [1.82, 2.24) is 0 Å². The third-order valence-corrected chi connectivity index (χ3v) is 5.00. The molecule has 164 valence electrons. The van der Waals surface area contributed by atoms with Gasteiger partial charge in [-0.05, 0) is 54.8 Å². The van der Waals surface area contributed by atoms with Crippen molar-refractivity contribution in [3.05, 3.63) is 71.4 Å². The van der Waals surface area contributed by atoms with E-state index in [1.54, 1.807) is 0 Å². The van der Waals surface area contributed by atoms with Crippen molar-refractivity contribution >= 4 is 5.69 Å². The lowest BCUT2D eigenvalue weighted by Gasteiger charge is -2.17. The van der Waals surface area contributed by atoms with E-state index in [-0.39, 0.29) is 12.7 Å².